The number of Topliss-reactive ketones (excluding diaryl/α,β-unsaturated/α-hetero) is 3. The molecule has 2 saturated heterocycles. The quantitative estimate of drug-likeness (QED) is 0.0310. The van der Waals surface area contributed by atoms with E-state index in [1.54, 1.807) is 76.3 Å². The van der Waals surface area contributed by atoms with Crippen molar-refractivity contribution >= 4 is 95.0 Å². The van der Waals surface area contributed by atoms with Crippen molar-refractivity contribution in [2.75, 3.05) is 101 Å². The van der Waals surface area contributed by atoms with Gasteiger partial charge < -0.3 is 94.7 Å². The average Bonchev–Trinajstić information content (AvgIpc) is 1.08. The van der Waals surface area contributed by atoms with Gasteiger partial charge >= 0.3 is 114 Å². The summed E-state index contributed by atoms with van der Waals surface area (Å²) in [7, 11) is 3.54. The fourth-order valence-corrected chi connectivity index (χ4v) is 17.5. The smallest absolute Gasteiger partial charge is 0.425 e. The Morgan fingerprint density at radius 2 is 0.541 bits per heavy atom. The summed E-state index contributed by atoms with van der Waals surface area (Å²) in [5.74, 6) is -61.2. The van der Waals surface area contributed by atoms with Crippen molar-refractivity contribution in [1.29, 1.82) is 0 Å². The van der Waals surface area contributed by atoms with E-state index in [1.165, 1.54) is 14.0 Å². The maximum absolute atomic E-state index is 14.6. The molecule has 50 heteroatoms. The van der Waals surface area contributed by atoms with E-state index in [0.717, 1.165) is 52.4 Å². The lowest BCUT2D eigenvalue weighted by molar-refractivity contribution is -0.374. The fraction of sp³-hybridized carbons (Fsp3) is 0.837. The summed E-state index contributed by atoms with van der Waals surface area (Å²) in [5, 5.41) is 0. The third-order valence-electron chi connectivity index (χ3n) is 27.3. The van der Waals surface area contributed by atoms with Crippen LogP contribution in [0.15, 0.2) is 0 Å². The summed E-state index contributed by atoms with van der Waals surface area (Å²) >= 11 is 0. The Bertz CT molecular complexity index is 4530. The number of ketones is 3. The first-order valence-electron chi connectivity index (χ1n) is 48.5. The maximum atomic E-state index is 14.6. The van der Waals surface area contributed by atoms with Crippen molar-refractivity contribution in [3.8, 4) is 0 Å². The van der Waals surface area contributed by atoms with Crippen LogP contribution >= 0.6 is 0 Å². The molecule has 0 bridgehead atoms. The van der Waals surface area contributed by atoms with E-state index in [2.05, 4.69) is 18.9 Å². The molecule has 0 radical (unpaired) electrons. The highest BCUT2D eigenvalue weighted by Gasteiger charge is 2.81. The molecule has 0 aromatic heterocycles. The summed E-state index contributed by atoms with van der Waals surface area (Å²) in [6.07, 6.45) is -9.56. The molecule has 7 rings (SSSR count). The first-order valence-corrected chi connectivity index (χ1v) is 48.5. The number of ether oxygens (including phenoxy) is 20. The third-order valence-corrected chi connectivity index (χ3v) is 27.3. The summed E-state index contributed by atoms with van der Waals surface area (Å²) in [6, 6.07) is 0. The molecule has 0 spiro atoms. The maximum Gasteiger partial charge on any atom is 0.425 e. The first kappa shape index (κ1) is 129. The predicted octanol–water partition coefficient (Wildman–Crippen LogP) is 14.1. The Hall–Kier alpha value is -9.14. The molecule has 5 saturated carbocycles. The van der Waals surface area contributed by atoms with Gasteiger partial charge in [-0.1, -0.05) is 0 Å². The zero-order chi connectivity index (χ0) is 113. The number of rotatable bonds is 45. The predicted molar refractivity (Wildman–Crippen MR) is 479 cm³/mol. The molecule has 36 nitrogen and oxygen atoms in total. The average molecular weight is 2160 g/mol. The summed E-state index contributed by atoms with van der Waals surface area (Å²) in [5.41, 5.74) is -4.37. The van der Waals surface area contributed by atoms with Gasteiger partial charge in [0.25, 0.3) is 0 Å². The number of hydrogen-bond donors (Lipinski definition) is 0. The lowest BCUT2D eigenvalue weighted by Crippen LogP contribution is -2.64. The van der Waals surface area contributed by atoms with Gasteiger partial charge in [-0.25, -0.2) is 19.2 Å². The molecule has 0 amide bonds. The van der Waals surface area contributed by atoms with Crippen LogP contribution in [0.25, 0.3) is 0 Å². The minimum atomic E-state index is -6.77. The first-order chi connectivity index (χ1) is 67.7. The van der Waals surface area contributed by atoms with Crippen LogP contribution < -0.4 is 0 Å². The Morgan fingerprint density at radius 1 is 0.311 bits per heavy atom. The van der Waals surface area contributed by atoms with Crippen LogP contribution in [0.3, 0.4) is 0 Å². The van der Waals surface area contributed by atoms with E-state index in [-0.39, 0.29) is 64.7 Å². The second-order valence-electron chi connectivity index (χ2n) is 42.5. The van der Waals surface area contributed by atoms with Gasteiger partial charge in [0, 0.05) is 50.9 Å². The SMILES string of the molecule is COC(C)(C)CCC(C)(C)OC(=O)C1CC(C(C)=O)C(C(=O)OCC(=O)OC(C)C(F)(F)F)CC1C(=O)OCC(=O)OC(C)C(F)(F)F.COC(C)(C)CCC(C)(C)OC(=O)C1CC(C(C)=O)C(C(=O)OCC(=O)OC2(C)CCCC2)CC1C(=O)OCC(=O)OC1(C)CCCC1.COCC(F)(F)C(F)(F)C(F)(F)C(F)(F)COC(=O)C1CC(C(C)=O)C(C(=O)OCC2COC(C)(C)OC2)CC1C(=O)OCC1COC(C)(C)OC1. The molecule has 0 aromatic rings. The van der Waals surface area contributed by atoms with Crippen LogP contribution in [0.5, 0.6) is 0 Å². The van der Waals surface area contributed by atoms with Crippen LogP contribution in [0.2, 0.25) is 0 Å². The fourth-order valence-electron chi connectivity index (χ4n) is 17.5. The second kappa shape index (κ2) is 52.9. The van der Waals surface area contributed by atoms with E-state index in [9.17, 15) is 138 Å². The van der Waals surface area contributed by atoms with Gasteiger partial charge in [-0.2, -0.15) is 61.5 Å². The molecule has 14 atom stereocenters. The monoisotopic (exact) mass is 2160 g/mol. The molecule has 848 valence electrons. The van der Waals surface area contributed by atoms with Crippen LogP contribution in [0.1, 0.15) is 247 Å². The molecule has 7 fully saturated rings. The molecule has 2 aliphatic heterocycles. The van der Waals surface area contributed by atoms with Gasteiger partial charge in [-0.15, -0.1) is 0 Å². The van der Waals surface area contributed by atoms with E-state index in [4.69, 9.17) is 75.8 Å². The van der Waals surface area contributed by atoms with E-state index in [1.807, 2.05) is 27.7 Å². The molecule has 7 aliphatic rings. The van der Waals surface area contributed by atoms with E-state index >= 15 is 0 Å². The normalized spacial score (nSPS) is 24.4. The molecule has 0 aromatic carbocycles. The molecular weight excluding hydrogens is 2020 g/mol. The van der Waals surface area contributed by atoms with Gasteiger partial charge in [-0.05, 0) is 247 Å². The lowest BCUT2D eigenvalue weighted by atomic mass is 9.67. The van der Waals surface area contributed by atoms with Crippen LogP contribution in [0.4, 0.5) is 61.5 Å². The highest BCUT2D eigenvalue weighted by molar-refractivity contribution is 5.93. The standard InChI is InChI=1S/C36H56O12.C32H44F8O12.C30H42F6O12/c1-23(37)24-19-27(32(42)48-34(4,5)18-17-33(2,3)43-8)26(31(41)45-22-29(39)47-36(7)15-11-12-16-36)20-25(24)30(40)44-21-28(38)46-35(6)13-9-10-14-35;1-17(41)20-7-22(26(44)48-16-30(35,36)32(39,40)31(37,38)29(33,34)15-45-6)23(25(43)47-10-19-13-51-28(4,5)52-14-19)8-21(20)24(42)46-9-18-11-49-27(2,3)50-12-18;1-15(37)18-11-21(26(42)48-28(6,7)10-9-27(4,5)43-8)20(25(41)45-14-23(39)47-17(3)30(34,35)36)12-19(18)24(40)44-13-22(38)46-16(2)29(31,32)33/h24-27H,9-22H2,1-8H3;18-23H,7-16H2,1-6H3;16-21H,9-14H2,1-8H3. The van der Waals surface area contributed by atoms with Crippen LogP contribution in [0, 0.1) is 82.9 Å². The van der Waals surface area contributed by atoms with E-state index < -0.39 is 331 Å². The van der Waals surface area contributed by atoms with Crippen molar-refractivity contribution in [1.82, 2.24) is 0 Å². The Balaban J connectivity index is 0.000000391. The number of carbonyl (C=O) groups excluding carboxylic acids is 16. The van der Waals surface area contributed by atoms with Crippen molar-refractivity contribution in [2.24, 2.45) is 82.9 Å². The number of carbonyl (C=O) groups is 16. The molecule has 0 N–H and O–H groups in total. The van der Waals surface area contributed by atoms with Crippen molar-refractivity contribution < 1.29 is 233 Å². The second-order valence-corrected chi connectivity index (χ2v) is 42.5. The van der Waals surface area contributed by atoms with Crippen molar-refractivity contribution in [3.63, 3.8) is 0 Å². The molecule has 5 aliphatic carbocycles. The zero-order valence-corrected chi connectivity index (χ0v) is 87.4. The van der Waals surface area contributed by atoms with Gasteiger partial charge in [0.15, 0.2) is 56.8 Å². The Morgan fingerprint density at radius 3 is 0.797 bits per heavy atom. The highest BCUT2D eigenvalue weighted by Crippen LogP contribution is 2.54. The summed E-state index contributed by atoms with van der Waals surface area (Å²) in [4.78, 5) is 207. The number of methoxy groups -OCH3 is 3. The topological polar surface area (TPSA) is 458 Å². The molecular formula is C98H142F14O36. The zero-order valence-electron chi connectivity index (χ0n) is 87.4. The minimum absolute atomic E-state index is 0.0703. The van der Waals surface area contributed by atoms with Crippen LogP contribution in [-0.2, 0) is 171 Å². The number of halogens is 14. The molecule has 148 heavy (non-hydrogen) atoms. The Labute approximate surface area is 848 Å². The third kappa shape index (κ3) is 38.6. The van der Waals surface area contributed by atoms with Gasteiger partial charge in [0.05, 0.1) is 104 Å². The molecule has 14 unspecified atom stereocenters. The minimum Gasteiger partial charge on any atom is -0.465 e. The lowest BCUT2D eigenvalue weighted by Gasteiger charge is -2.39. The van der Waals surface area contributed by atoms with Gasteiger partial charge in [0.2, 0.25) is 0 Å². The Kier molecular flexibility index (Phi) is 46.3. The highest BCUT2D eigenvalue weighted by atomic mass is 19.4. The largest absolute Gasteiger partial charge is 0.465 e. The number of alkyl halides is 14. The summed E-state index contributed by atoms with van der Waals surface area (Å²) < 4.78 is 293. The number of hydrogen-bond acceptors (Lipinski definition) is 36. The molecule has 2 heterocycles. The van der Waals surface area contributed by atoms with Gasteiger partial charge in [0.1, 0.15) is 46.4 Å². The number of esters is 13. The van der Waals surface area contributed by atoms with Gasteiger partial charge in [-0.3, -0.25) is 57.5 Å². The summed E-state index contributed by atoms with van der Waals surface area (Å²) in [6.45, 7) is 19.7. The van der Waals surface area contributed by atoms with E-state index in [0.29, 0.717) is 53.1 Å². The van der Waals surface area contributed by atoms with Crippen molar-refractivity contribution in [2.45, 2.75) is 341 Å². The van der Waals surface area contributed by atoms with Crippen molar-refractivity contribution in [3.05, 3.63) is 0 Å². The van der Waals surface area contributed by atoms with Crippen LogP contribution in [-0.4, -0.2) is 289 Å².